The van der Waals surface area contributed by atoms with Crippen LogP contribution in [0.25, 0.3) is 0 Å². The number of morpholine rings is 1. The molecule has 1 amide bonds. The number of carbonyl (C=O) groups excluding carboxylic acids is 1. The number of aromatic nitrogens is 1. The zero-order valence-electron chi connectivity index (χ0n) is 13.7. The lowest BCUT2D eigenvalue weighted by Gasteiger charge is -2.35. The number of ether oxygens (including phenoxy) is 1. The Hall–Kier alpha value is -2.51. The van der Waals surface area contributed by atoms with Crippen LogP contribution in [0, 0.1) is 5.82 Å². The number of benzene rings is 1. The van der Waals surface area contributed by atoms with Crippen molar-refractivity contribution >= 4 is 5.91 Å². The summed E-state index contributed by atoms with van der Waals surface area (Å²) >= 11 is 0. The van der Waals surface area contributed by atoms with E-state index in [9.17, 15) is 14.0 Å². The highest BCUT2D eigenvalue weighted by molar-refractivity contribution is 5.93. The lowest BCUT2D eigenvalue weighted by atomic mass is 10.0. The van der Waals surface area contributed by atoms with Crippen LogP contribution < -0.4 is 10.9 Å². The normalized spacial score (nSPS) is 16.4. The van der Waals surface area contributed by atoms with Crippen molar-refractivity contribution in [1.29, 1.82) is 0 Å². The van der Waals surface area contributed by atoms with Crippen molar-refractivity contribution in [3.8, 4) is 0 Å². The lowest BCUT2D eigenvalue weighted by Crippen LogP contribution is -2.43. The summed E-state index contributed by atoms with van der Waals surface area (Å²) < 4.78 is 19.0. The Morgan fingerprint density at radius 2 is 2.08 bits per heavy atom. The number of carbonyl (C=O) groups is 1. The summed E-state index contributed by atoms with van der Waals surface area (Å²) in [6.45, 7) is 2.99. The van der Waals surface area contributed by atoms with E-state index < -0.39 is 0 Å². The number of hydrogen-bond donors (Lipinski definition) is 2. The summed E-state index contributed by atoms with van der Waals surface area (Å²) in [5, 5.41) is 2.87. The fourth-order valence-corrected chi connectivity index (χ4v) is 2.90. The Bertz CT molecular complexity index is 767. The number of nitrogens with one attached hydrogen (secondary N) is 2. The first-order valence-corrected chi connectivity index (χ1v) is 8.18. The number of halogens is 1. The summed E-state index contributed by atoms with van der Waals surface area (Å²) in [5.41, 5.74) is 0.922. The van der Waals surface area contributed by atoms with Gasteiger partial charge in [0.2, 0.25) is 5.56 Å². The van der Waals surface area contributed by atoms with Crippen molar-refractivity contribution in [1.82, 2.24) is 15.2 Å². The van der Waals surface area contributed by atoms with Crippen molar-refractivity contribution in [2.75, 3.05) is 32.8 Å². The Morgan fingerprint density at radius 1 is 1.28 bits per heavy atom. The van der Waals surface area contributed by atoms with Gasteiger partial charge in [0.05, 0.1) is 24.8 Å². The molecule has 132 valence electrons. The van der Waals surface area contributed by atoms with Crippen LogP contribution in [0.3, 0.4) is 0 Å². The van der Waals surface area contributed by atoms with Crippen LogP contribution in [0.5, 0.6) is 0 Å². The summed E-state index contributed by atoms with van der Waals surface area (Å²) in [5.74, 6) is -0.589. The van der Waals surface area contributed by atoms with E-state index in [0.29, 0.717) is 25.3 Å². The van der Waals surface area contributed by atoms with E-state index in [2.05, 4.69) is 15.2 Å². The van der Waals surface area contributed by atoms with Gasteiger partial charge >= 0.3 is 0 Å². The molecule has 1 fully saturated rings. The molecule has 1 saturated heterocycles. The third kappa shape index (κ3) is 4.52. The van der Waals surface area contributed by atoms with Gasteiger partial charge in [0.25, 0.3) is 5.91 Å². The molecule has 2 N–H and O–H groups in total. The van der Waals surface area contributed by atoms with Crippen LogP contribution in [-0.2, 0) is 4.74 Å². The second-order valence-electron chi connectivity index (χ2n) is 5.87. The highest BCUT2D eigenvalue weighted by Crippen LogP contribution is 2.22. The largest absolute Gasteiger partial charge is 0.379 e. The van der Waals surface area contributed by atoms with Gasteiger partial charge in [0.1, 0.15) is 5.82 Å². The number of hydrogen-bond acceptors (Lipinski definition) is 4. The summed E-state index contributed by atoms with van der Waals surface area (Å²) in [6.07, 6.45) is 1.38. The fraction of sp³-hybridized carbons (Fsp3) is 0.333. The number of H-pyrrole nitrogens is 1. The van der Waals surface area contributed by atoms with Gasteiger partial charge in [-0.2, -0.15) is 0 Å². The van der Waals surface area contributed by atoms with E-state index in [1.807, 2.05) is 6.07 Å². The molecule has 0 aliphatic carbocycles. The van der Waals surface area contributed by atoms with Crippen LogP contribution in [0.1, 0.15) is 22.0 Å². The van der Waals surface area contributed by atoms with Gasteiger partial charge in [0, 0.05) is 31.9 Å². The maximum atomic E-state index is 13.6. The van der Waals surface area contributed by atoms with Crippen LogP contribution >= 0.6 is 0 Å². The number of amides is 1. The van der Waals surface area contributed by atoms with Gasteiger partial charge in [-0.05, 0) is 23.8 Å². The summed E-state index contributed by atoms with van der Waals surface area (Å²) in [7, 11) is 0. The van der Waals surface area contributed by atoms with Crippen molar-refractivity contribution < 1.29 is 13.9 Å². The van der Waals surface area contributed by atoms with E-state index in [-0.39, 0.29) is 23.3 Å². The van der Waals surface area contributed by atoms with Gasteiger partial charge in [-0.15, -0.1) is 0 Å². The molecule has 7 heteroatoms. The number of rotatable bonds is 5. The molecule has 0 bridgehead atoms. The Labute approximate surface area is 144 Å². The summed E-state index contributed by atoms with van der Waals surface area (Å²) in [6, 6.07) is 9.05. The Kier molecular flexibility index (Phi) is 5.57. The smallest absolute Gasteiger partial charge is 0.252 e. The molecular weight excluding hydrogens is 325 g/mol. The average Bonchev–Trinajstić information content (AvgIpc) is 2.63. The van der Waals surface area contributed by atoms with E-state index in [1.54, 1.807) is 6.07 Å². The van der Waals surface area contributed by atoms with Crippen molar-refractivity contribution in [2.24, 2.45) is 0 Å². The van der Waals surface area contributed by atoms with Gasteiger partial charge in [-0.25, -0.2) is 4.39 Å². The van der Waals surface area contributed by atoms with Gasteiger partial charge in [-0.1, -0.05) is 12.1 Å². The highest BCUT2D eigenvalue weighted by Gasteiger charge is 2.23. The predicted molar refractivity (Wildman–Crippen MR) is 90.9 cm³/mol. The minimum Gasteiger partial charge on any atom is -0.379 e. The molecule has 1 aliphatic heterocycles. The van der Waals surface area contributed by atoms with Crippen molar-refractivity contribution in [2.45, 2.75) is 6.04 Å². The minimum atomic E-state index is -0.303. The van der Waals surface area contributed by atoms with Gasteiger partial charge < -0.3 is 15.0 Å². The highest BCUT2D eigenvalue weighted by atomic mass is 19.1. The molecule has 0 saturated carbocycles. The van der Waals surface area contributed by atoms with E-state index in [0.717, 1.165) is 18.7 Å². The Balaban J connectivity index is 1.74. The molecule has 2 aromatic rings. The van der Waals surface area contributed by atoms with Crippen LogP contribution in [0.2, 0.25) is 0 Å². The molecule has 1 aromatic heterocycles. The Morgan fingerprint density at radius 3 is 2.76 bits per heavy atom. The third-order valence-corrected chi connectivity index (χ3v) is 4.22. The van der Waals surface area contributed by atoms with Gasteiger partial charge in [0.15, 0.2) is 0 Å². The second kappa shape index (κ2) is 8.04. The molecule has 1 aromatic carbocycles. The van der Waals surface area contributed by atoms with Crippen LogP contribution in [0.15, 0.2) is 47.4 Å². The topological polar surface area (TPSA) is 74.4 Å². The van der Waals surface area contributed by atoms with E-state index in [4.69, 9.17) is 4.74 Å². The van der Waals surface area contributed by atoms with E-state index in [1.165, 1.54) is 30.5 Å². The predicted octanol–water partition coefficient (Wildman–Crippen LogP) is 1.32. The third-order valence-electron chi connectivity index (χ3n) is 4.22. The summed E-state index contributed by atoms with van der Waals surface area (Å²) in [4.78, 5) is 28.0. The minimum absolute atomic E-state index is 0.147. The molecule has 1 aliphatic rings. The maximum absolute atomic E-state index is 13.6. The molecule has 25 heavy (non-hydrogen) atoms. The van der Waals surface area contributed by atoms with Crippen molar-refractivity contribution in [3.63, 3.8) is 0 Å². The second-order valence-corrected chi connectivity index (χ2v) is 5.87. The number of aromatic amines is 1. The fourth-order valence-electron chi connectivity index (χ4n) is 2.90. The SMILES string of the molecule is O=C(NC[C@H](c1cccc(F)c1)N1CCOCC1)c1ccc(=O)[nH]c1. The molecule has 6 nitrogen and oxygen atoms in total. The molecule has 0 spiro atoms. The van der Waals surface area contributed by atoms with Crippen molar-refractivity contribution in [3.05, 3.63) is 69.9 Å². The van der Waals surface area contributed by atoms with Crippen LogP contribution in [-0.4, -0.2) is 48.6 Å². The first-order chi connectivity index (χ1) is 12.1. The zero-order valence-corrected chi connectivity index (χ0v) is 13.7. The molecule has 0 unspecified atom stereocenters. The van der Waals surface area contributed by atoms with Crippen LogP contribution in [0.4, 0.5) is 4.39 Å². The first-order valence-electron chi connectivity index (χ1n) is 8.18. The maximum Gasteiger partial charge on any atom is 0.252 e. The quantitative estimate of drug-likeness (QED) is 0.857. The molecule has 1 atom stereocenters. The average molecular weight is 345 g/mol. The standard InChI is InChI=1S/C18H20FN3O3/c19-15-3-1-2-13(10-15)16(22-6-8-25-9-7-22)12-21-18(24)14-4-5-17(23)20-11-14/h1-5,10-11,16H,6-9,12H2,(H,20,23)(H,21,24)/t16-/m1/s1. The molecule has 2 heterocycles. The first kappa shape index (κ1) is 17.3. The van der Waals surface area contributed by atoms with Gasteiger partial charge in [-0.3, -0.25) is 14.5 Å². The number of pyridine rings is 1. The molecular formula is C18H20FN3O3. The monoisotopic (exact) mass is 345 g/mol. The molecule has 3 rings (SSSR count). The van der Waals surface area contributed by atoms with E-state index >= 15 is 0 Å². The zero-order chi connectivity index (χ0) is 17.6. The molecule has 0 radical (unpaired) electrons. The lowest BCUT2D eigenvalue weighted by molar-refractivity contribution is 0.0162. The number of nitrogens with zero attached hydrogens (tertiary/aromatic N) is 1.